The number of carbonyl (C=O) groups excluding carboxylic acids is 1. The van der Waals surface area contributed by atoms with E-state index in [4.69, 9.17) is 21.8 Å². The fourth-order valence-electron chi connectivity index (χ4n) is 1.37. The number of hydrogen-bond acceptors (Lipinski definition) is 6. The molecule has 21 heavy (non-hydrogen) atoms. The van der Waals surface area contributed by atoms with Gasteiger partial charge in [0.2, 0.25) is 10.0 Å². The van der Waals surface area contributed by atoms with Gasteiger partial charge in [0.25, 0.3) is 0 Å². The van der Waals surface area contributed by atoms with Crippen LogP contribution in [0.3, 0.4) is 0 Å². The van der Waals surface area contributed by atoms with Crippen molar-refractivity contribution in [1.29, 1.82) is 0 Å². The molecule has 1 aromatic rings. The number of ether oxygens (including phenoxy) is 1. The predicted octanol–water partition coefficient (Wildman–Crippen LogP) is -0.150. The molecule has 1 aromatic carbocycles. The summed E-state index contributed by atoms with van der Waals surface area (Å²) in [4.78, 5) is 21.6. The lowest BCUT2D eigenvalue weighted by Gasteiger charge is -2.13. The van der Waals surface area contributed by atoms with Gasteiger partial charge in [-0.15, -0.1) is 0 Å². The van der Waals surface area contributed by atoms with Gasteiger partial charge in [-0.05, 0) is 18.2 Å². The minimum Gasteiger partial charge on any atom is -0.480 e. The second-order valence-electron chi connectivity index (χ2n) is 3.83. The maximum absolute atomic E-state index is 12.1. The molecule has 0 aromatic heterocycles. The maximum Gasteiger partial charge on any atom is 0.337 e. The summed E-state index contributed by atoms with van der Waals surface area (Å²) in [6.45, 7) is -0.942. The number of methoxy groups -OCH3 is 1. The van der Waals surface area contributed by atoms with Crippen molar-refractivity contribution in [3.8, 4) is 0 Å². The van der Waals surface area contributed by atoms with Crippen LogP contribution in [0.1, 0.15) is 10.4 Å². The van der Waals surface area contributed by atoms with Crippen LogP contribution in [0.5, 0.6) is 0 Å². The number of rotatable bonds is 6. The highest BCUT2D eigenvalue weighted by molar-refractivity contribution is 7.89. The lowest BCUT2D eigenvalue weighted by Crippen LogP contribution is -2.43. The molecule has 0 unspecified atom stereocenters. The molecule has 0 spiro atoms. The van der Waals surface area contributed by atoms with E-state index in [0.717, 1.165) is 19.2 Å². The number of halogens is 1. The molecular formula is C11H12ClNO7S. The van der Waals surface area contributed by atoms with Crippen LogP contribution < -0.4 is 4.72 Å². The summed E-state index contributed by atoms with van der Waals surface area (Å²) in [5, 5.41) is 17.4. The van der Waals surface area contributed by atoms with Gasteiger partial charge in [-0.3, -0.25) is 4.79 Å². The number of carboxylic acid groups (broad SMARTS) is 1. The third-order valence-electron chi connectivity index (χ3n) is 2.42. The molecule has 0 amide bonds. The first kappa shape index (κ1) is 17.4. The fourth-order valence-corrected chi connectivity index (χ4v) is 3.08. The third-order valence-corrected chi connectivity index (χ3v) is 4.37. The number of hydrogen-bond donors (Lipinski definition) is 3. The van der Waals surface area contributed by atoms with Crippen molar-refractivity contribution in [2.24, 2.45) is 0 Å². The lowest BCUT2D eigenvalue weighted by molar-refractivity contribution is -0.139. The summed E-state index contributed by atoms with van der Waals surface area (Å²) < 4.78 is 30.4. The highest BCUT2D eigenvalue weighted by atomic mass is 35.5. The van der Waals surface area contributed by atoms with E-state index in [9.17, 15) is 18.0 Å². The molecule has 0 fully saturated rings. The fraction of sp³-hybridized carbons (Fsp3) is 0.273. The number of aliphatic carboxylic acids is 1. The Bertz CT molecular complexity index is 659. The molecule has 3 N–H and O–H groups in total. The van der Waals surface area contributed by atoms with Crippen molar-refractivity contribution in [3.63, 3.8) is 0 Å². The molecule has 0 saturated carbocycles. The van der Waals surface area contributed by atoms with Gasteiger partial charge >= 0.3 is 11.9 Å². The molecule has 0 saturated heterocycles. The summed E-state index contributed by atoms with van der Waals surface area (Å²) in [6.07, 6.45) is 0. The topological polar surface area (TPSA) is 130 Å². The van der Waals surface area contributed by atoms with Crippen LogP contribution in [0.25, 0.3) is 0 Å². The van der Waals surface area contributed by atoms with Crippen LogP contribution >= 0.6 is 11.6 Å². The molecule has 10 heteroatoms. The Morgan fingerprint density at radius 3 is 2.52 bits per heavy atom. The largest absolute Gasteiger partial charge is 0.480 e. The Morgan fingerprint density at radius 2 is 2.05 bits per heavy atom. The van der Waals surface area contributed by atoms with Crippen molar-refractivity contribution in [2.75, 3.05) is 13.7 Å². The van der Waals surface area contributed by atoms with Crippen LogP contribution in [-0.4, -0.2) is 50.3 Å². The van der Waals surface area contributed by atoms with Crippen LogP contribution in [0, 0.1) is 0 Å². The van der Waals surface area contributed by atoms with Crippen LogP contribution in [0.15, 0.2) is 23.1 Å². The molecule has 8 nitrogen and oxygen atoms in total. The van der Waals surface area contributed by atoms with Gasteiger partial charge in [-0.1, -0.05) is 11.6 Å². The van der Waals surface area contributed by atoms with Crippen molar-refractivity contribution < 1.29 is 33.0 Å². The summed E-state index contributed by atoms with van der Waals surface area (Å²) >= 11 is 5.75. The molecule has 1 atom stereocenters. The number of aliphatic hydroxyl groups excluding tert-OH is 1. The summed E-state index contributed by atoms with van der Waals surface area (Å²) in [5.41, 5.74) is -0.0712. The number of carboxylic acids is 1. The second kappa shape index (κ2) is 6.85. The SMILES string of the molecule is COC(=O)c1ccc(Cl)c(S(=O)(=O)N[C@H](CO)C(=O)O)c1. The monoisotopic (exact) mass is 337 g/mol. The Labute approximate surface area is 125 Å². The lowest BCUT2D eigenvalue weighted by atomic mass is 10.2. The predicted molar refractivity (Wildman–Crippen MR) is 71.6 cm³/mol. The van der Waals surface area contributed by atoms with E-state index < -0.39 is 39.5 Å². The average molecular weight is 338 g/mol. The van der Waals surface area contributed by atoms with E-state index in [1.54, 1.807) is 4.72 Å². The molecule has 1 rings (SSSR count). The minimum absolute atomic E-state index is 0.0712. The van der Waals surface area contributed by atoms with E-state index in [0.29, 0.717) is 0 Å². The normalized spacial score (nSPS) is 12.7. The summed E-state index contributed by atoms with van der Waals surface area (Å²) in [6, 6.07) is 1.64. The van der Waals surface area contributed by atoms with Crippen LogP contribution in [-0.2, 0) is 19.6 Å². The number of aliphatic hydroxyl groups is 1. The Hall–Kier alpha value is -1.68. The maximum atomic E-state index is 12.1. The first-order valence-electron chi connectivity index (χ1n) is 5.46. The Kier molecular flexibility index (Phi) is 5.67. The zero-order valence-electron chi connectivity index (χ0n) is 10.7. The molecule has 116 valence electrons. The Morgan fingerprint density at radius 1 is 1.43 bits per heavy atom. The molecule has 0 aliphatic heterocycles. The van der Waals surface area contributed by atoms with Gasteiger partial charge in [0.15, 0.2) is 0 Å². The molecule has 0 heterocycles. The number of esters is 1. The van der Waals surface area contributed by atoms with Gasteiger partial charge in [-0.25, -0.2) is 13.2 Å². The van der Waals surface area contributed by atoms with Gasteiger partial charge in [0, 0.05) is 0 Å². The molecule has 0 aliphatic carbocycles. The average Bonchev–Trinajstić information content (AvgIpc) is 2.43. The number of sulfonamides is 1. The minimum atomic E-state index is -4.34. The quantitative estimate of drug-likeness (QED) is 0.615. The van der Waals surface area contributed by atoms with E-state index in [1.807, 2.05) is 0 Å². The smallest absolute Gasteiger partial charge is 0.337 e. The first-order chi connectivity index (χ1) is 9.72. The van der Waals surface area contributed by atoms with E-state index >= 15 is 0 Å². The van der Waals surface area contributed by atoms with E-state index in [1.165, 1.54) is 6.07 Å². The van der Waals surface area contributed by atoms with Crippen molar-refractivity contribution >= 4 is 33.6 Å². The first-order valence-corrected chi connectivity index (χ1v) is 7.33. The second-order valence-corrected chi connectivity index (χ2v) is 5.92. The molecule has 0 aliphatic rings. The molecule has 0 radical (unpaired) electrons. The van der Waals surface area contributed by atoms with Gasteiger partial charge in [0.05, 0.1) is 24.3 Å². The zero-order chi connectivity index (χ0) is 16.2. The van der Waals surface area contributed by atoms with E-state index in [2.05, 4.69) is 4.74 Å². The van der Waals surface area contributed by atoms with Crippen LogP contribution in [0.2, 0.25) is 5.02 Å². The van der Waals surface area contributed by atoms with Crippen LogP contribution in [0.4, 0.5) is 0 Å². The zero-order valence-corrected chi connectivity index (χ0v) is 12.3. The van der Waals surface area contributed by atoms with Crippen molar-refractivity contribution in [1.82, 2.24) is 4.72 Å². The van der Waals surface area contributed by atoms with E-state index in [-0.39, 0.29) is 10.6 Å². The van der Waals surface area contributed by atoms with Crippen molar-refractivity contribution in [2.45, 2.75) is 10.9 Å². The number of benzene rings is 1. The van der Waals surface area contributed by atoms with Gasteiger partial charge < -0.3 is 14.9 Å². The molecule has 0 bridgehead atoms. The summed E-state index contributed by atoms with van der Waals surface area (Å²) in [7, 11) is -3.22. The number of carbonyl (C=O) groups is 2. The summed E-state index contributed by atoms with van der Waals surface area (Å²) in [5.74, 6) is -2.33. The highest BCUT2D eigenvalue weighted by Crippen LogP contribution is 2.23. The standard InChI is InChI=1S/C11H12ClNO7S/c1-20-11(17)6-2-3-7(12)9(4-6)21(18,19)13-8(5-14)10(15)16/h2-4,8,13-14H,5H2,1H3,(H,15,16)/t8-/m1/s1. The Balaban J connectivity index is 3.24. The highest BCUT2D eigenvalue weighted by Gasteiger charge is 2.27. The van der Waals surface area contributed by atoms with Gasteiger partial charge in [-0.2, -0.15) is 4.72 Å². The number of nitrogens with one attached hydrogen (secondary N) is 1. The molecular weight excluding hydrogens is 326 g/mol. The third kappa shape index (κ3) is 4.14. The van der Waals surface area contributed by atoms with Crippen molar-refractivity contribution in [3.05, 3.63) is 28.8 Å². The van der Waals surface area contributed by atoms with Gasteiger partial charge in [0.1, 0.15) is 10.9 Å².